The van der Waals surface area contributed by atoms with Crippen molar-refractivity contribution in [2.24, 2.45) is 0 Å². The van der Waals surface area contributed by atoms with E-state index in [1.807, 2.05) is 39.8 Å². The van der Waals surface area contributed by atoms with Crippen LogP contribution in [0.3, 0.4) is 0 Å². The van der Waals surface area contributed by atoms with Crippen molar-refractivity contribution in [3.8, 4) is 28.6 Å². The van der Waals surface area contributed by atoms with Crippen LogP contribution >= 0.6 is 0 Å². The highest BCUT2D eigenvalue weighted by Crippen LogP contribution is 2.43. The van der Waals surface area contributed by atoms with Crippen LogP contribution in [0.25, 0.3) is 22.3 Å². The number of phenolic OH excluding ortho intramolecular Hbond substituents is 1. The zero-order chi connectivity index (χ0) is 25.2. The minimum absolute atomic E-state index is 0.0571. The van der Waals surface area contributed by atoms with E-state index >= 15 is 0 Å². The van der Waals surface area contributed by atoms with Gasteiger partial charge in [0.2, 0.25) is 11.2 Å². The maximum atomic E-state index is 14.0. The quantitative estimate of drug-likeness (QED) is 0.400. The van der Waals surface area contributed by atoms with Gasteiger partial charge in [-0.15, -0.1) is 0 Å². The van der Waals surface area contributed by atoms with Gasteiger partial charge in [0.1, 0.15) is 22.5 Å². The zero-order valence-corrected chi connectivity index (χ0v) is 20.1. The van der Waals surface area contributed by atoms with Gasteiger partial charge in [0.05, 0.1) is 14.2 Å². The summed E-state index contributed by atoms with van der Waals surface area (Å²) in [5, 5.41) is 11.1. The van der Waals surface area contributed by atoms with E-state index in [0.717, 1.165) is 23.3 Å². The Morgan fingerprint density at radius 3 is 2.06 bits per heavy atom. The third kappa shape index (κ3) is 4.69. The standard InChI is InChI=1S/C27H28F2O5/c1-14(2)7-10-17-22(30)21-23(31)27(33-6)24(16-9-12-19(28)20(29)13-16)34-26(21)18(25(17)32-5)11-8-15(3)4/h7-9,12-13,30H,10-11H2,1-6H3. The topological polar surface area (TPSA) is 68.9 Å². The summed E-state index contributed by atoms with van der Waals surface area (Å²) < 4.78 is 44.6. The molecule has 0 bridgehead atoms. The Morgan fingerprint density at radius 1 is 0.941 bits per heavy atom. The molecule has 7 heteroatoms. The average molecular weight is 471 g/mol. The van der Waals surface area contributed by atoms with E-state index < -0.39 is 17.1 Å². The fourth-order valence-corrected chi connectivity index (χ4v) is 3.74. The van der Waals surface area contributed by atoms with Crippen LogP contribution in [0.15, 0.2) is 50.7 Å². The first kappa shape index (κ1) is 25.0. The van der Waals surface area contributed by atoms with E-state index in [2.05, 4.69) is 0 Å². The molecule has 1 N–H and O–H groups in total. The monoisotopic (exact) mass is 470 g/mol. The Kier molecular flexibility index (Phi) is 7.44. The van der Waals surface area contributed by atoms with Crippen LogP contribution in [0.1, 0.15) is 38.8 Å². The smallest absolute Gasteiger partial charge is 0.239 e. The molecule has 0 saturated carbocycles. The van der Waals surface area contributed by atoms with E-state index in [9.17, 15) is 18.7 Å². The lowest BCUT2D eigenvalue weighted by Crippen LogP contribution is -2.11. The first-order valence-electron chi connectivity index (χ1n) is 10.8. The summed E-state index contributed by atoms with van der Waals surface area (Å²) in [6, 6.07) is 3.16. The molecular weight excluding hydrogens is 442 g/mol. The average Bonchev–Trinajstić information content (AvgIpc) is 2.78. The lowest BCUT2D eigenvalue weighted by molar-refractivity contribution is 0.390. The number of aromatic hydroxyl groups is 1. The molecule has 0 atom stereocenters. The van der Waals surface area contributed by atoms with Gasteiger partial charge in [-0.25, -0.2) is 8.78 Å². The summed E-state index contributed by atoms with van der Waals surface area (Å²) in [6.07, 6.45) is 4.56. The van der Waals surface area contributed by atoms with Crippen LogP contribution in [0, 0.1) is 11.6 Å². The Balaban J connectivity index is 2.51. The van der Waals surface area contributed by atoms with Crippen LogP contribution in [0.5, 0.6) is 17.2 Å². The van der Waals surface area contributed by atoms with Gasteiger partial charge in [-0.05, 0) is 58.7 Å². The molecule has 0 saturated heterocycles. The molecule has 1 heterocycles. The molecule has 0 unspecified atom stereocenters. The molecule has 3 aromatic rings. The van der Waals surface area contributed by atoms with Crippen molar-refractivity contribution in [1.82, 2.24) is 0 Å². The molecule has 34 heavy (non-hydrogen) atoms. The van der Waals surface area contributed by atoms with Gasteiger partial charge >= 0.3 is 0 Å². The van der Waals surface area contributed by atoms with Crippen molar-refractivity contribution in [3.63, 3.8) is 0 Å². The molecule has 0 aliphatic carbocycles. The largest absolute Gasteiger partial charge is 0.507 e. The summed E-state index contributed by atoms with van der Waals surface area (Å²) in [6.45, 7) is 7.73. The lowest BCUT2D eigenvalue weighted by Gasteiger charge is -2.18. The van der Waals surface area contributed by atoms with Crippen molar-refractivity contribution < 1.29 is 27.8 Å². The number of hydrogen-bond acceptors (Lipinski definition) is 5. The second kappa shape index (κ2) is 10.1. The zero-order valence-electron chi connectivity index (χ0n) is 20.1. The molecule has 0 fully saturated rings. The Bertz CT molecular complexity index is 1360. The van der Waals surface area contributed by atoms with E-state index in [-0.39, 0.29) is 33.8 Å². The summed E-state index contributed by atoms with van der Waals surface area (Å²) in [5.74, 6) is -2.29. The molecule has 0 spiro atoms. The van der Waals surface area contributed by atoms with Gasteiger partial charge in [-0.1, -0.05) is 23.3 Å². The van der Waals surface area contributed by atoms with Crippen molar-refractivity contribution in [2.45, 2.75) is 40.5 Å². The SMILES string of the molecule is COc1c(CC=C(C)C)c(O)c2c(=O)c(OC)c(-c3ccc(F)c(F)c3)oc2c1CC=C(C)C. The minimum Gasteiger partial charge on any atom is -0.507 e. The summed E-state index contributed by atoms with van der Waals surface area (Å²) >= 11 is 0. The number of ether oxygens (including phenoxy) is 2. The third-order valence-electron chi connectivity index (χ3n) is 5.43. The second-order valence-corrected chi connectivity index (χ2v) is 8.44. The fraction of sp³-hybridized carbons (Fsp3) is 0.296. The van der Waals surface area contributed by atoms with Gasteiger partial charge in [0, 0.05) is 16.7 Å². The summed E-state index contributed by atoms with van der Waals surface area (Å²) in [7, 11) is 2.76. The molecule has 5 nitrogen and oxygen atoms in total. The highest BCUT2D eigenvalue weighted by molar-refractivity contribution is 5.93. The van der Waals surface area contributed by atoms with Crippen molar-refractivity contribution in [2.75, 3.05) is 14.2 Å². The summed E-state index contributed by atoms with van der Waals surface area (Å²) in [5.41, 5.74) is 2.66. The molecule has 0 aliphatic rings. The number of hydrogen-bond donors (Lipinski definition) is 1. The Hall–Kier alpha value is -3.61. The fourth-order valence-electron chi connectivity index (χ4n) is 3.74. The third-order valence-corrected chi connectivity index (χ3v) is 5.43. The van der Waals surface area contributed by atoms with Gasteiger partial charge in [0.25, 0.3) is 0 Å². The lowest BCUT2D eigenvalue weighted by atomic mass is 9.96. The number of benzene rings is 2. The predicted octanol–water partition coefficient (Wildman–Crippen LogP) is 6.48. The van der Waals surface area contributed by atoms with Crippen LogP contribution in [0.4, 0.5) is 8.78 Å². The number of methoxy groups -OCH3 is 2. The van der Waals surface area contributed by atoms with Gasteiger partial charge < -0.3 is 19.0 Å². The maximum absolute atomic E-state index is 14.0. The van der Waals surface area contributed by atoms with Crippen molar-refractivity contribution in [1.29, 1.82) is 0 Å². The predicted molar refractivity (Wildman–Crippen MR) is 129 cm³/mol. The van der Waals surface area contributed by atoms with E-state index in [4.69, 9.17) is 13.9 Å². The molecule has 1 aromatic heterocycles. The highest BCUT2D eigenvalue weighted by atomic mass is 19.2. The number of phenols is 1. The second-order valence-electron chi connectivity index (χ2n) is 8.44. The van der Waals surface area contributed by atoms with Crippen molar-refractivity contribution in [3.05, 3.63) is 74.5 Å². The molecule has 0 amide bonds. The number of fused-ring (bicyclic) bond motifs is 1. The molecular formula is C27H28F2O5. The number of rotatable bonds is 7. The van der Waals surface area contributed by atoms with Crippen LogP contribution in [0.2, 0.25) is 0 Å². The first-order chi connectivity index (χ1) is 16.1. The minimum atomic E-state index is -1.09. The Labute approximate surface area is 196 Å². The molecule has 2 aromatic carbocycles. The molecule has 3 rings (SSSR count). The van der Waals surface area contributed by atoms with Crippen molar-refractivity contribution >= 4 is 11.0 Å². The highest BCUT2D eigenvalue weighted by Gasteiger charge is 2.27. The first-order valence-corrected chi connectivity index (χ1v) is 10.8. The van der Waals surface area contributed by atoms with Gasteiger partial charge in [-0.3, -0.25) is 4.79 Å². The van der Waals surface area contributed by atoms with Crippen LogP contribution in [-0.2, 0) is 12.8 Å². The van der Waals surface area contributed by atoms with E-state index in [0.29, 0.717) is 29.7 Å². The molecule has 0 aliphatic heterocycles. The van der Waals surface area contributed by atoms with E-state index in [1.165, 1.54) is 20.3 Å². The van der Waals surface area contributed by atoms with E-state index in [1.54, 1.807) is 0 Å². The number of allylic oxidation sites excluding steroid dienone is 4. The number of halogens is 2. The molecule has 180 valence electrons. The Morgan fingerprint density at radius 2 is 1.53 bits per heavy atom. The maximum Gasteiger partial charge on any atom is 0.239 e. The van der Waals surface area contributed by atoms with Gasteiger partial charge in [-0.2, -0.15) is 0 Å². The van der Waals surface area contributed by atoms with Gasteiger partial charge in [0.15, 0.2) is 17.4 Å². The molecule has 0 radical (unpaired) electrons. The van der Waals surface area contributed by atoms with Crippen LogP contribution < -0.4 is 14.9 Å². The van der Waals surface area contributed by atoms with Crippen LogP contribution in [-0.4, -0.2) is 19.3 Å². The summed E-state index contributed by atoms with van der Waals surface area (Å²) in [4.78, 5) is 13.5. The normalized spacial score (nSPS) is 10.8.